The summed E-state index contributed by atoms with van der Waals surface area (Å²) in [6.07, 6.45) is 10.5. The minimum Gasteiger partial charge on any atom is -0.376 e. The first-order valence-corrected chi connectivity index (χ1v) is 10.2. The van der Waals surface area contributed by atoms with Gasteiger partial charge >= 0.3 is 0 Å². The molecular weight excluding hydrogens is 343 g/mol. The summed E-state index contributed by atoms with van der Waals surface area (Å²) in [7, 11) is 0. The van der Waals surface area contributed by atoms with Gasteiger partial charge in [0.2, 0.25) is 5.91 Å². The van der Waals surface area contributed by atoms with Gasteiger partial charge in [0.15, 0.2) is 0 Å². The molecule has 148 valence electrons. The van der Waals surface area contributed by atoms with Crippen molar-refractivity contribution in [1.29, 1.82) is 0 Å². The third-order valence-corrected chi connectivity index (χ3v) is 5.58. The standard InChI is InChI=1S/C22H31FN2O2/c23-20-8-5-18(6-9-20)3-1-13-25-14-11-19(12-15-25)7-10-22(26)24-17-21-4-2-16-27-21/h1,3,5-6,8-9,19,21H,2,4,7,10-17H2,(H,24,26)/b3-1+. The van der Waals surface area contributed by atoms with Crippen LogP contribution in [0.4, 0.5) is 4.39 Å². The summed E-state index contributed by atoms with van der Waals surface area (Å²) in [5, 5.41) is 3.01. The summed E-state index contributed by atoms with van der Waals surface area (Å²) < 4.78 is 18.4. The van der Waals surface area contributed by atoms with E-state index in [2.05, 4.69) is 16.3 Å². The molecule has 1 aromatic rings. The van der Waals surface area contributed by atoms with Crippen LogP contribution in [0.15, 0.2) is 30.3 Å². The summed E-state index contributed by atoms with van der Waals surface area (Å²) in [6.45, 7) is 4.58. The second-order valence-corrected chi connectivity index (χ2v) is 7.68. The number of piperidine rings is 1. The molecule has 0 radical (unpaired) electrons. The van der Waals surface area contributed by atoms with Crippen LogP contribution in [0.2, 0.25) is 0 Å². The molecule has 0 aromatic heterocycles. The van der Waals surface area contributed by atoms with Crippen molar-refractivity contribution in [3.8, 4) is 0 Å². The number of amides is 1. The number of rotatable bonds is 8. The third kappa shape index (κ3) is 7.07. The lowest BCUT2D eigenvalue weighted by Gasteiger charge is -2.31. The third-order valence-electron chi connectivity index (χ3n) is 5.58. The Morgan fingerprint density at radius 1 is 1.22 bits per heavy atom. The highest BCUT2D eigenvalue weighted by molar-refractivity contribution is 5.75. The molecule has 2 fully saturated rings. The molecular formula is C22H31FN2O2. The number of carbonyl (C=O) groups is 1. The molecule has 3 rings (SSSR count). The first-order valence-electron chi connectivity index (χ1n) is 10.2. The van der Waals surface area contributed by atoms with E-state index in [1.165, 1.54) is 12.1 Å². The monoisotopic (exact) mass is 374 g/mol. The van der Waals surface area contributed by atoms with E-state index in [4.69, 9.17) is 4.74 Å². The molecule has 1 atom stereocenters. The summed E-state index contributed by atoms with van der Waals surface area (Å²) in [5.41, 5.74) is 1.03. The Labute approximate surface area is 161 Å². The van der Waals surface area contributed by atoms with Crippen molar-refractivity contribution in [2.45, 2.75) is 44.6 Å². The van der Waals surface area contributed by atoms with Gasteiger partial charge < -0.3 is 10.1 Å². The topological polar surface area (TPSA) is 41.6 Å². The minimum atomic E-state index is -0.199. The number of hydrogen-bond donors (Lipinski definition) is 1. The summed E-state index contributed by atoms with van der Waals surface area (Å²) in [4.78, 5) is 14.4. The summed E-state index contributed by atoms with van der Waals surface area (Å²) >= 11 is 0. The number of ether oxygens (including phenoxy) is 1. The SMILES string of the molecule is O=C(CCC1CCN(C/C=C/c2ccc(F)cc2)CC1)NCC1CCCO1. The first-order chi connectivity index (χ1) is 13.2. The summed E-state index contributed by atoms with van der Waals surface area (Å²) in [5.74, 6) is 0.612. The number of nitrogens with one attached hydrogen (secondary N) is 1. The van der Waals surface area contributed by atoms with Gasteiger partial charge in [0.25, 0.3) is 0 Å². The van der Waals surface area contributed by atoms with Gasteiger partial charge in [-0.15, -0.1) is 0 Å². The molecule has 2 aliphatic rings. The number of hydrogen-bond acceptors (Lipinski definition) is 3. The molecule has 27 heavy (non-hydrogen) atoms. The molecule has 0 aliphatic carbocycles. The Morgan fingerprint density at radius 2 is 2.00 bits per heavy atom. The van der Waals surface area contributed by atoms with Gasteiger partial charge in [-0.2, -0.15) is 0 Å². The van der Waals surface area contributed by atoms with E-state index in [1.54, 1.807) is 12.1 Å². The van der Waals surface area contributed by atoms with E-state index in [0.29, 0.717) is 18.9 Å². The Bertz CT molecular complexity index is 603. The zero-order valence-electron chi connectivity index (χ0n) is 16.0. The molecule has 0 saturated carbocycles. The summed E-state index contributed by atoms with van der Waals surface area (Å²) in [6, 6.07) is 6.56. The van der Waals surface area contributed by atoms with Crippen LogP contribution in [0, 0.1) is 11.7 Å². The average Bonchev–Trinajstić information content (AvgIpc) is 3.21. The lowest BCUT2D eigenvalue weighted by molar-refractivity contribution is -0.122. The lowest BCUT2D eigenvalue weighted by Crippen LogP contribution is -2.35. The van der Waals surface area contributed by atoms with E-state index in [9.17, 15) is 9.18 Å². The van der Waals surface area contributed by atoms with Crippen LogP contribution in [0.25, 0.3) is 6.08 Å². The maximum atomic E-state index is 12.9. The van der Waals surface area contributed by atoms with Gasteiger partial charge in [-0.1, -0.05) is 24.3 Å². The maximum absolute atomic E-state index is 12.9. The van der Waals surface area contributed by atoms with Crippen molar-refractivity contribution in [3.63, 3.8) is 0 Å². The molecule has 5 heteroatoms. The van der Waals surface area contributed by atoms with E-state index < -0.39 is 0 Å². The van der Waals surface area contributed by atoms with Gasteiger partial charge in [0, 0.05) is 26.1 Å². The molecule has 2 heterocycles. The lowest BCUT2D eigenvalue weighted by atomic mass is 9.92. The Kier molecular flexibility index (Phi) is 7.84. The second-order valence-electron chi connectivity index (χ2n) is 7.68. The molecule has 2 saturated heterocycles. The number of likely N-dealkylation sites (tertiary alicyclic amines) is 1. The second kappa shape index (κ2) is 10.6. The van der Waals surface area contributed by atoms with Crippen LogP contribution < -0.4 is 5.32 Å². The Balaban J connectivity index is 1.27. The zero-order chi connectivity index (χ0) is 18.9. The van der Waals surface area contributed by atoms with E-state index in [1.807, 2.05) is 6.08 Å². The number of benzene rings is 1. The molecule has 1 N–H and O–H groups in total. The first kappa shape index (κ1) is 20.0. The van der Waals surface area contributed by atoms with Crippen molar-refractivity contribution < 1.29 is 13.9 Å². The minimum absolute atomic E-state index is 0.162. The average molecular weight is 375 g/mol. The van der Waals surface area contributed by atoms with Gasteiger partial charge in [-0.05, 0) is 68.8 Å². The van der Waals surface area contributed by atoms with Crippen molar-refractivity contribution in [3.05, 3.63) is 41.7 Å². The quantitative estimate of drug-likeness (QED) is 0.756. The van der Waals surface area contributed by atoms with Crippen LogP contribution in [-0.4, -0.2) is 49.7 Å². The van der Waals surface area contributed by atoms with Crippen molar-refractivity contribution in [2.24, 2.45) is 5.92 Å². The van der Waals surface area contributed by atoms with E-state index in [0.717, 1.165) is 63.9 Å². The highest BCUT2D eigenvalue weighted by Crippen LogP contribution is 2.22. The van der Waals surface area contributed by atoms with Crippen LogP contribution in [0.5, 0.6) is 0 Å². The van der Waals surface area contributed by atoms with Gasteiger partial charge in [-0.25, -0.2) is 4.39 Å². The zero-order valence-corrected chi connectivity index (χ0v) is 16.0. The Hall–Kier alpha value is -1.72. The van der Waals surface area contributed by atoms with Gasteiger partial charge in [0.1, 0.15) is 5.82 Å². The smallest absolute Gasteiger partial charge is 0.220 e. The number of nitrogens with zero attached hydrogens (tertiary/aromatic N) is 1. The van der Waals surface area contributed by atoms with Crippen LogP contribution in [0.3, 0.4) is 0 Å². The maximum Gasteiger partial charge on any atom is 0.220 e. The van der Waals surface area contributed by atoms with Crippen LogP contribution >= 0.6 is 0 Å². The van der Waals surface area contributed by atoms with Crippen LogP contribution in [0.1, 0.15) is 44.1 Å². The fourth-order valence-corrected chi connectivity index (χ4v) is 3.83. The molecule has 1 amide bonds. The largest absolute Gasteiger partial charge is 0.376 e. The van der Waals surface area contributed by atoms with Crippen LogP contribution in [-0.2, 0) is 9.53 Å². The highest BCUT2D eigenvalue weighted by Gasteiger charge is 2.20. The van der Waals surface area contributed by atoms with Gasteiger partial charge in [-0.3, -0.25) is 9.69 Å². The molecule has 0 spiro atoms. The normalized spacial score (nSPS) is 21.7. The predicted octanol–water partition coefficient (Wildman–Crippen LogP) is 3.63. The van der Waals surface area contributed by atoms with Crippen molar-refractivity contribution in [2.75, 3.05) is 32.8 Å². The van der Waals surface area contributed by atoms with Gasteiger partial charge in [0.05, 0.1) is 6.10 Å². The number of halogens is 1. The fraction of sp³-hybridized carbons (Fsp3) is 0.591. The highest BCUT2D eigenvalue weighted by atomic mass is 19.1. The number of carbonyl (C=O) groups excluding carboxylic acids is 1. The molecule has 2 aliphatic heterocycles. The van der Waals surface area contributed by atoms with Crippen molar-refractivity contribution in [1.82, 2.24) is 10.2 Å². The fourth-order valence-electron chi connectivity index (χ4n) is 3.83. The van der Waals surface area contributed by atoms with E-state index in [-0.39, 0.29) is 17.8 Å². The van der Waals surface area contributed by atoms with Crippen molar-refractivity contribution >= 4 is 12.0 Å². The molecule has 1 aromatic carbocycles. The molecule has 4 nitrogen and oxygen atoms in total. The Morgan fingerprint density at radius 3 is 2.70 bits per heavy atom. The molecule has 1 unspecified atom stereocenters. The predicted molar refractivity (Wildman–Crippen MR) is 106 cm³/mol. The molecule has 0 bridgehead atoms. The van der Waals surface area contributed by atoms with E-state index >= 15 is 0 Å².